The van der Waals surface area contributed by atoms with Crippen molar-refractivity contribution in [2.24, 2.45) is 11.7 Å². The van der Waals surface area contributed by atoms with Crippen LogP contribution in [0.5, 0.6) is 0 Å². The Morgan fingerprint density at radius 2 is 2.16 bits per heavy atom. The molecule has 0 aromatic heterocycles. The maximum absolute atomic E-state index is 12.8. The average molecular weight is 348 g/mol. The predicted octanol–water partition coefficient (Wildman–Crippen LogP) is -1.39. The van der Waals surface area contributed by atoms with Crippen molar-refractivity contribution >= 4 is 17.7 Å². The van der Waals surface area contributed by atoms with Gasteiger partial charge in [-0.05, 0) is 6.92 Å². The first-order valence-electron chi connectivity index (χ1n) is 8.11. The molecule has 1 aliphatic carbocycles. The lowest BCUT2D eigenvalue weighted by molar-refractivity contribution is -0.137. The summed E-state index contributed by atoms with van der Waals surface area (Å²) in [7, 11) is 2.99. The monoisotopic (exact) mass is 348 g/mol. The van der Waals surface area contributed by atoms with Crippen LogP contribution >= 0.6 is 0 Å². The number of carbonyl (C=O) groups excluding carboxylic acids is 3. The Bertz CT molecular complexity index is 772. The predicted molar refractivity (Wildman–Crippen MR) is 85.0 cm³/mol. The molecule has 2 saturated heterocycles. The van der Waals surface area contributed by atoms with Crippen molar-refractivity contribution in [2.75, 3.05) is 27.3 Å². The molecular formula is C16H20N4O5. The van der Waals surface area contributed by atoms with Gasteiger partial charge in [0.15, 0.2) is 5.72 Å². The van der Waals surface area contributed by atoms with Gasteiger partial charge in [-0.25, -0.2) is 4.79 Å². The summed E-state index contributed by atoms with van der Waals surface area (Å²) in [5.41, 5.74) is 5.75. The topological polar surface area (TPSA) is 133 Å². The number of allylic oxidation sites excluding steroid dienone is 2. The molecule has 3 heterocycles. The minimum Gasteiger partial charge on any atom is -0.449 e. The Kier molecular flexibility index (Phi) is 3.26. The van der Waals surface area contributed by atoms with E-state index in [1.165, 1.54) is 7.05 Å². The summed E-state index contributed by atoms with van der Waals surface area (Å²) in [5, 5.41) is 5.68. The highest BCUT2D eigenvalue weighted by atomic mass is 16.6. The number of methoxy groups -OCH3 is 1. The van der Waals surface area contributed by atoms with E-state index in [0.717, 1.165) is 0 Å². The first-order chi connectivity index (χ1) is 11.9. The second kappa shape index (κ2) is 5.06. The van der Waals surface area contributed by atoms with Crippen LogP contribution in [0.4, 0.5) is 4.79 Å². The molecule has 9 nitrogen and oxygen atoms in total. The molecule has 4 rings (SSSR count). The summed E-state index contributed by atoms with van der Waals surface area (Å²) < 4.78 is 11.1. The van der Waals surface area contributed by atoms with Gasteiger partial charge in [0.05, 0.1) is 23.4 Å². The SMILES string of the molecule is CNC(=O)OC[C@H]1C2=C(C(=O)C(C)=C(N)C2=O)N2C[C@H]3N[C@H]3[C@@]12OC. The number of amides is 1. The van der Waals surface area contributed by atoms with E-state index < -0.39 is 17.7 Å². The number of ether oxygens (including phenoxy) is 2. The standard InChI is InChI=1S/C16H20N4O5/c1-6-10(17)13(22)9-7(5-25-15(23)18-2)16(24-3)14-8(19-14)4-20(16)11(9)12(6)21/h7-8,14,19H,4-5,17H2,1-3H3,(H,18,23)/t7-,8+,14+,16-/m0/s1. The molecule has 4 atom stereocenters. The molecule has 0 aromatic rings. The van der Waals surface area contributed by atoms with Crippen LogP contribution in [0.15, 0.2) is 22.5 Å². The van der Waals surface area contributed by atoms with Crippen LogP contribution in [-0.2, 0) is 19.1 Å². The number of nitrogens with zero attached hydrogens (tertiary/aromatic N) is 1. The lowest BCUT2D eigenvalue weighted by Gasteiger charge is -2.39. The van der Waals surface area contributed by atoms with Crippen LogP contribution in [-0.4, -0.2) is 67.7 Å². The number of piperazine rings is 1. The first kappa shape index (κ1) is 16.1. The van der Waals surface area contributed by atoms with Gasteiger partial charge in [-0.15, -0.1) is 0 Å². The van der Waals surface area contributed by atoms with Gasteiger partial charge < -0.3 is 30.7 Å². The second-order valence-corrected chi connectivity index (χ2v) is 6.68. The third-order valence-electron chi connectivity index (χ3n) is 5.67. The fourth-order valence-electron chi connectivity index (χ4n) is 4.38. The Morgan fingerprint density at radius 3 is 2.80 bits per heavy atom. The van der Waals surface area contributed by atoms with Crippen LogP contribution in [0, 0.1) is 5.92 Å². The summed E-state index contributed by atoms with van der Waals surface area (Å²) in [4.78, 5) is 39.1. The van der Waals surface area contributed by atoms with Crippen molar-refractivity contribution in [1.29, 1.82) is 0 Å². The lowest BCUT2D eigenvalue weighted by atomic mass is 9.82. The number of carbonyl (C=O) groups is 3. The normalized spacial score (nSPS) is 35.6. The molecule has 0 aromatic carbocycles. The summed E-state index contributed by atoms with van der Waals surface area (Å²) in [6, 6.07) is 0.145. The van der Waals surface area contributed by atoms with Gasteiger partial charge in [-0.3, -0.25) is 9.59 Å². The average Bonchev–Trinajstić information content (AvgIpc) is 3.22. The fourth-order valence-corrected chi connectivity index (χ4v) is 4.38. The first-order valence-corrected chi connectivity index (χ1v) is 8.11. The summed E-state index contributed by atoms with van der Waals surface area (Å²) in [6.45, 7) is 2.02. The minimum absolute atomic E-state index is 0.0384. The van der Waals surface area contributed by atoms with E-state index in [1.807, 2.05) is 4.90 Å². The zero-order chi connectivity index (χ0) is 18.1. The Hall–Kier alpha value is -2.39. The van der Waals surface area contributed by atoms with Crippen molar-refractivity contribution in [3.8, 4) is 0 Å². The third kappa shape index (κ3) is 1.82. The second-order valence-electron chi connectivity index (χ2n) is 6.68. The summed E-state index contributed by atoms with van der Waals surface area (Å²) >= 11 is 0. The number of hydrogen-bond acceptors (Lipinski definition) is 8. The van der Waals surface area contributed by atoms with Crippen molar-refractivity contribution in [2.45, 2.75) is 24.7 Å². The molecular weight excluding hydrogens is 328 g/mol. The van der Waals surface area contributed by atoms with E-state index in [-0.39, 0.29) is 47.1 Å². The molecule has 9 heteroatoms. The van der Waals surface area contributed by atoms with E-state index in [1.54, 1.807) is 14.0 Å². The highest BCUT2D eigenvalue weighted by molar-refractivity contribution is 6.25. The van der Waals surface area contributed by atoms with E-state index in [9.17, 15) is 14.4 Å². The molecule has 0 unspecified atom stereocenters. The number of Topliss-reactive ketones (excluding diaryl/α,β-unsaturated/α-hetero) is 2. The number of hydrogen-bond donors (Lipinski definition) is 3. The smallest absolute Gasteiger partial charge is 0.406 e. The molecule has 1 amide bonds. The van der Waals surface area contributed by atoms with Crippen molar-refractivity contribution < 1.29 is 23.9 Å². The fraction of sp³-hybridized carbons (Fsp3) is 0.562. The van der Waals surface area contributed by atoms with Crippen LogP contribution in [0.1, 0.15) is 6.92 Å². The number of nitrogens with two attached hydrogens (primary N) is 1. The Balaban J connectivity index is 1.81. The van der Waals surface area contributed by atoms with Gasteiger partial charge in [0, 0.05) is 37.9 Å². The van der Waals surface area contributed by atoms with E-state index in [2.05, 4.69) is 10.6 Å². The minimum atomic E-state index is -0.931. The Morgan fingerprint density at radius 1 is 1.44 bits per heavy atom. The van der Waals surface area contributed by atoms with Gasteiger partial charge in [0.1, 0.15) is 6.61 Å². The van der Waals surface area contributed by atoms with Crippen LogP contribution in [0.25, 0.3) is 0 Å². The van der Waals surface area contributed by atoms with Crippen LogP contribution in [0.3, 0.4) is 0 Å². The molecule has 0 radical (unpaired) electrons. The molecule has 2 fully saturated rings. The molecule has 4 aliphatic rings. The van der Waals surface area contributed by atoms with Crippen molar-refractivity contribution in [3.63, 3.8) is 0 Å². The lowest BCUT2D eigenvalue weighted by Crippen LogP contribution is -2.55. The van der Waals surface area contributed by atoms with Crippen LogP contribution < -0.4 is 16.4 Å². The van der Waals surface area contributed by atoms with Gasteiger partial charge >= 0.3 is 6.09 Å². The maximum atomic E-state index is 12.8. The molecule has 0 bridgehead atoms. The van der Waals surface area contributed by atoms with Crippen molar-refractivity contribution in [1.82, 2.24) is 15.5 Å². The van der Waals surface area contributed by atoms with Gasteiger partial charge in [0.2, 0.25) is 11.6 Å². The molecule has 4 N–H and O–H groups in total. The summed E-state index contributed by atoms with van der Waals surface area (Å²) in [5.74, 6) is -1.25. The van der Waals surface area contributed by atoms with E-state index >= 15 is 0 Å². The van der Waals surface area contributed by atoms with Crippen LogP contribution in [0.2, 0.25) is 0 Å². The zero-order valence-electron chi connectivity index (χ0n) is 14.2. The molecule has 25 heavy (non-hydrogen) atoms. The van der Waals surface area contributed by atoms with Gasteiger partial charge in [-0.2, -0.15) is 0 Å². The highest BCUT2D eigenvalue weighted by Gasteiger charge is 2.72. The number of ketones is 2. The summed E-state index contributed by atoms with van der Waals surface area (Å²) in [6.07, 6.45) is -0.612. The number of fused-ring (bicyclic) bond motifs is 4. The molecule has 0 spiro atoms. The molecule has 3 aliphatic heterocycles. The van der Waals surface area contributed by atoms with Gasteiger partial charge in [-0.1, -0.05) is 0 Å². The molecule has 134 valence electrons. The zero-order valence-corrected chi connectivity index (χ0v) is 14.2. The Labute approximate surface area is 144 Å². The quantitative estimate of drug-likeness (QED) is 0.419. The third-order valence-corrected chi connectivity index (χ3v) is 5.67. The maximum Gasteiger partial charge on any atom is 0.406 e. The largest absolute Gasteiger partial charge is 0.449 e. The van der Waals surface area contributed by atoms with Crippen molar-refractivity contribution in [3.05, 3.63) is 22.5 Å². The highest BCUT2D eigenvalue weighted by Crippen LogP contribution is 2.55. The van der Waals surface area contributed by atoms with E-state index in [4.69, 9.17) is 15.2 Å². The van der Waals surface area contributed by atoms with E-state index in [0.29, 0.717) is 12.2 Å². The number of nitrogens with one attached hydrogen (secondary N) is 2. The molecule has 0 saturated carbocycles. The number of alkyl carbamates (subject to hydrolysis) is 1. The van der Waals surface area contributed by atoms with Gasteiger partial charge in [0.25, 0.3) is 0 Å². The number of rotatable bonds is 3.